The topological polar surface area (TPSA) is 55.2 Å². The third-order valence-electron chi connectivity index (χ3n) is 5.05. The number of aryl methyl sites for hydroxylation is 2. The van der Waals surface area contributed by atoms with Crippen molar-refractivity contribution in [3.63, 3.8) is 0 Å². The third kappa shape index (κ3) is 4.70. The van der Waals surface area contributed by atoms with E-state index in [4.69, 9.17) is 13.9 Å². The van der Waals surface area contributed by atoms with Crippen molar-refractivity contribution in [2.75, 3.05) is 40.4 Å². The Hall–Kier alpha value is -2.31. The molecule has 6 heteroatoms. The standard InChI is InChI=1S/C21H28N2O4/c1-15-5-6-20(25-3)17(11-15)13-22-7-9-23(10-8-22)14-18-12-19(16(2)27-18)21(24)26-4/h5-6,11-12H,7-10,13-14H2,1-4H3. The zero-order chi connectivity index (χ0) is 19.4. The first-order valence-corrected chi connectivity index (χ1v) is 9.26. The van der Waals surface area contributed by atoms with Crippen molar-refractivity contribution in [2.24, 2.45) is 0 Å². The lowest BCUT2D eigenvalue weighted by atomic mass is 10.1. The highest BCUT2D eigenvalue weighted by Gasteiger charge is 2.21. The van der Waals surface area contributed by atoms with Gasteiger partial charge in [-0.2, -0.15) is 0 Å². The fourth-order valence-electron chi connectivity index (χ4n) is 3.53. The summed E-state index contributed by atoms with van der Waals surface area (Å²) < 4.78 is 16.0. The van der Waals surface area contributed by atoms with Crippen molar-refractivity contribution in [2.45, 2.75) is 26.9 Å². The first kappa shape index (κ1) is 19.5. The van der Waals surface area contributed by atoms with Gasteiger partial charge in [-0.1, -0.05) is 17.7 Å². The van der Waals surface area contributed by atoms with Crippen LogP contribution in [0.15, 0.2) is 28.7 Å². The van der Waals surface area contributed by atoms with E-state index in [1.807, 2.05) is 6.07 Å². The van der Waals surface area contributed by atoms with Crippen molar-refractivity contribution < 1.29 is 18.7 Å². The number of hydrogen-bond acceptors (Lipinski definition) is 6. The van der Waals surface area contributed by atoms with Crippen molar-refractivity contribution in [1.82, 2.24) is 9.80 Å². The molecule has 0 unspecified atom stereocenters. The van der Waals surface area contributed by atoms with Crippen molar-refractivity contribution >= 4 is 5.97 Å². The van der Waals surface area contributed by atoms with Gasteiger partial charge >= 0.3 is 5.97 Å². The van der Waals surface area contributed by atoms with Gasteiger partial charge in [0, 0.05) is 38.3 Å². The average Bonchev–Trinajstić information content (AvgIpc) is 3.03. The normalized spacial score (nSPS) is 15.7. The maximum absolute atomic E-state index is 11.7. The highest BCUT2D eigenvalue weighted by molar-refractivity contribution is 5.90. The molecule has 0 spiro atoms. The third-order valence-corrected chi connectivity index (χ3v) is 5.05. The van der Waals surface area contributed by atoms with E-state index in [2.05, 4.69) is 28.9 Å². The summed E-state index contributed by atoms with van der Waals surface area (Å²) in [6.07, 6.45) is 0. The molecular formula is C21H28N2O4. The van der Waals surface area contributed by atoms with Crippen LogP contribution >= 0.6 is 0 Å². The Bertz CT molecular complexity index is 791. The molecule has 0 saturated carbocycles. The molecule has 3 rings (SSSR count). The molecule has 1 aromatic heterocycles. The minimum Gasteiger partial charge on any atom is -0.496 e. The Morgan fingerprint density at radius 2 is 1.70 bits per heavy atom. The lowest BCUT2D eigenvalue weighted by Crippen LogP contribution is -2.45. The van der Waals surface area contributed by atoms with Crippen molar-refractivity contribution in [3.05, 3.63) is 52.5 Å². The fourth-order valence-corrected chi connectivity index (χ4v) is 3.53. The number of methoxy groups -OCH3 is 2. The number of rotatable bonds is 6. The van der Waals surface area contributed by atoms with Crippen molar-refractivity contribution in [1.29, 1.82) is 0 Å². The number of ether oxygens (including phenoxy) is 2. The van der Waals surface area contributed by atoms with Gasteiger partial charge in [-0.05, 0) is 26.0 Å². The minimum absolute atomic E-state index is 0.348. The second kappa shape index (κ2) is 8.59. The number of esters is 1. The van der Waals surface area contributed by atoms with Gasteiger partial charge in [0.1, 0.15) is 22.8 Å². The van der Waals surface area contributed by atoms with E-state index in [-0.39, 0.29) is 5.97 Å². The summed E-state index contributed by atoms with van der Waals surface area (Å²) in [7, 11) is 3.11. The van der Waals surface area contributed by atoms with E-state index in [1.54, 1.807) is 20.1 Å². The van der Waals surface area contributed by atoms with Crippen LogP contribution in [0.4, 0.5) is 0 Å². The molecule has 1 aliphatic rings. The minimum atomic E-state index is -0.348. The van der Waals surface area contributed by atoms with Crippen LogP contribution in [-0.4, -0.2) is 56.2 Å². The molecule has 1 fully saturated rings. The Kier molecular flexibility index (Phi) is 6.19. The lowest BCUT2D eigenvalue weighted by Gasteiger charge is -2.34. The molecule has 146 valence electrons. The van der Waals surface area contributed by atoms with Gasteiger partial charge in [-0.3, -0.25) is 9.80 Å². The van der Waals surface area contributed by atoms with Gasteiger partial charge in [0.25, 0.3) is 0 Å². The first-order chi connectivity index (χ1) is 13.0. The monoisotopic (exact) mass is 372 g/mol. The maximum Gasteiger partial charge on any atom is 0.341 e. The number of carbonyl (C=O) groups is 1. The van der Waals surface area contributed by atoms with Gasteiger partial charge < -0.3 is 13.9 Å². The second-order valence-electron chi connectivity index (χ2n) is 7.04. The molecule has 0 bridgehead atoms. The largest absolute Gasteiger partial charge is 0.496 e. The molecule has 0 radical (unpaired) electrons. The highest BCUT2D eigenvalue weighted by atomic mass is 16.5. The number of nitrogens with zero attached hydrogens (tertiary/aromatic N) is 2. The summed E-state index contributed by atoms with van der Waals surface area (Å²) in [6, 6.07) is 8.11. The molecule has 0 N–H and O–H groups in total. The highest BCUT2D eigenvalue weighted by Crippen LogP contribution is 2.23. The number of benzene rings is 1. The average molecular weight is 372 g/mol. The molecule has 0 amide bonds. The van der Waals surface area contributed by atoms with Crippen LogP contribution in [0.25, 0.3) is 0 Å². The molecular weight excluding hydrogens is 344 g/mol. The molecule has 0 aliphatic carbocycles. The van der Waals surface area contributed by atoms with E-state index in [9.17, 15) is 4.79 Å². The zero-order valence-electron chi connectivity index (χ0n) is 16.6. The van der Waals surface area contributed by atoms with E-state index in [0.29, 0.717) is 17.9 Å². The second-order valence-corrected chi connectivity index (χ2v) is 7.04. The number of carbonyl (C=O) groups excluding carboxylic acids is 1. The summed E-state index contributed by atoms with van der Waals surface area (Å²) in [5.74, 6) is 2.02. The van der Waals surface area contributed by atoms with Gasteiger partial charge in [-0.25, -0.2) is 4.79 Å². The summed E-state index contributed by atoms with van der Waals surface area (Å²) >= 11 is 0. The van der Waals surface area contributed by atoms with E-state index < -0.39 is 0 Å². The van der Waals surface area contributed by atoms with Crippen LogP contribution in [0.3, 0.4) is 0 Å². The summed E-state index contributed by atoms with van der Waals surface area (Å²) in [6.45, 7) is 9.40. The smallest absolute Gasteiger partial charge is 0.341 e. The fraction of sp³-hybridized carbons (Fsp3) is 0.476. The van der Waals surface area contributed by atoms with Gasteiger partial charge in [0.15, 0.2) is 0 Å². The van der Waals surface area contributed by atoms with E-state index in [0.717, 1.165) is 44.2 Å². The number of furan rings is 1. The SMILES string of the molecule is COC(=O)c1cc(CN2CCN(Cc3cc(C)ccc3OC)CC2)oc1C. The molecule has 27 heavy (non-hydrogen) atoms. The first-order valence-electron chi connectivity index (χ1n) is 9.26. The molecule has 2 aromatic rings. The zero-order valence-corrected chi connectivity index (χ0v) is 16.6. The summed E-state index contributed by atoms with van der Waals surface area (Å²) in [5, 5.41) is 0. The quantitative estimate of drug-likeness (QED) is 0.727. The van der Waals surface area contributed by atoms with Crippen LogP contribution in [0.2, 0.25) is 0 Å². The van der Waals surface area contributed by atoms with Crippen LogP contribution in [0.5, 0.6) is 5.75 Å². The predicted molar refractivity (Wildman–Crippen MR) is 103 cm³/mol. The van der Waals surface area contributed by atoms with Gasteiger partial charge in [0.2, 0.25) is 0 Å². The van der Waals surface area contributed by atoms with E-state index >= 15 is 0 Å². The molecule has 0 atom stereocenters. The van der Waals surface area contributed by atoms with Crippen LogP contribution < -0.4 is 4.74 Å². The molecule has 6 nitrogen and oxygen atoms in total. The lowest BCUT2D eigenvalue weighted by molar-refractivity contribution is 0.0599. The number of piperazine rings is 1. The van der Waals surface area contributed by atoms with E-state index in [1.165, 1.54) is 18.2 Å². The van der Waals surface area contributed by atoms with Crippen LogP contribution in [0.1, 0.15) is 33.0 Å². The molecule has 1 saturated heterocycles. The maximum atomic E-state index is 11.7. The Morgan fingerprint density at radius 1 is 1.04 bits per heavy atom. The Labute approximate surface area is 160 Å². The summed E-state index contributed by atoms with van der Waals surface area (Å²) in [5.41, 5.74) is 2.99. The summed E-state index contributed by atoms with van der Waals surface area (Å²) in [4.78, 5) is 16.5. The van der Waals surface area contributed by atoms with Crippen LogP contribution in [0, 0.1) is 13.8 Å². The van der Waals surface area contributed by atoms with Crippen LogP contribution in [-0.2, 0) is 17.8 Å². The molecule has 1 aromatic carbocycles. The van der Waals surface area contributed by atoms with Gasteiger partial charge in [-0.15, -0.1) is 0 Å². The van der Waals surface area contributed by atoms with Gasteiger partial charge in [0.05, 0.1) is 20.8 Å². The molecule has 1 aliphatic heterocycles. The Balaban J connectivity index is 1.55. The Morgan fingerprint density at radius 3 is 2.33 bits per heavy atom. The van der Waals surface area contributed by atoms with Crippen molar-refractivity contribution in [3.8, 4) is 5.75 Å². The predicted octanol–water partition coefficient (Wildman–Crippen LogP) is 3.01. The number of hydrogen-bond donors (Lipinski definition) is 0. The molecule has 2 heterocycles.